The first-order chi connectivity index (χ1) is 11.6. The molecule has 0 aromatic heterocycles. The minimum atomic E-state index is -1.32. The Morgan fingerprint density at radius 3 is 2.54 bits per heavy atom. The van der Waals surface area contributed by atoms with Gasteiger partial charge in [-0.25, -0.2) is 4.79 Å². The molecule has 2 aromatic carbocycles. The fraction of sp³-hybridized carbons (Fsp3) is 0.263. The molecule has 0 aliphatic heterocycles. The number of benzene rings is 2. The molecule has 2 N–H and O–H groups in total. The van der Waals surface area contributed by atoms with Gasteiger partial charge in [0.05, 0.1) is 7.11 Å². The number of carboxylic acids is 1. The minimum absolute atomic E-state index is 0.209. The molecule has 0 fully saturated rings. The maximum atomic E-state index is 12.5. The van der Waals surface area contributed by atoms with Crippen LogP contribution in [0.15, 0.2) is 48.5 Å². The highest BCUT2D eigenvalue weighted by atomic mass is 16.5. The highest BCUT2D eigenvalue weighted by Crippen LogP contribution is 2.35. The highest BCUT2D eigenvalue weighted by Gasteiger charge is 2.43. The maximum Gasteiger partial charge on any atom is 0.329 e. The molecule has 5 nitrogen and oxygen atoms in total. The van der Waals surface area contributed by atoms with Gasteiger partial charge in [0.15, 0.2) is 0 Å². The summed E-state index contributed by atoms with van der Waals surface area (Å²) in [6.45, 7) is 0. The lowest BCUT2D eigenvalue weighted by Gasteiger charge is -2.35. The van der Waals surface area contributed by atoms with Crippen LogP contribution in [0.1, 0.15) is 27.9 Å². The van der Waals surface area contributed by atoms with Gasteiger partial charge in [-0.2, -0.15) is 0 Å². The maximum absolute atomic E-state index is 12.5. The summed E-state index contributed by atoms with van der Waals surface area (Å²) in [4.78, 5) is 24.5. The SMILES string of the molecule is COc1cccc2c1C[C@](NC(=O)c1ccccc1)(C(=O)O)CC2. The zero-order valence-electron chi connectivity index (χ0n) is 13.4. The summed E-state index contributed by atoms with van der Waals surface area (Å²) in [7, 11) is 1.56. The van der Waals surface area contributed by atoms with Crippen LogP contribution in [-0.2, 0) is 17.6 Å². The number of ether oxygens (including phenoxy) is 1. The second kappa shape index (κ2) is 6.35. The number of nitrogens with one attached hydrogen (secondary N) is 1. The Morgan fingerprint density at radius 1 is 1.12 bits per heavy atom. The highest BCUT2D eigenvalue weighted by molar-refractivity contribution is 5.98. The van der Waals surface area contributed by atoms with Gasteiger partial charge >= 0.3 is 5.97 Å². The lowest BCUT2D eigenvalue weighted by Crippen LogP contribution is -2.57. The van der Waals surface area contributed by atoms with E-state index in [1.54, 1.807) is 31.4 Å². The molecule has 0 bridgehead atoms. The van der Waals surface area contributed by atoms with E-state index >= 15 is 0 Å². The molecule has 1 atom stereocenters. The Labute approximate surface area is 140 Å². The number of carboxylic acid groups (broad SMARTS) is 1. The van der Waals surface area contributed by atoms with E-state index < -0.39 is 11.5 Å². The van der Waals surface area contributed by atoms with Gasteiger partial charge in [-0.3, -0.25) is 4.79 Å². The molecule has 1 aliphatic carbocycles. The lowest BCUT2D eigenvalue weighted by atomic mass is 9.77. The summed E-state index contributed by atoms with van der Waals surface area (Å²) in [6.07, 6.45) is 1.13. The largest absolute Gasteiger partial charge is 0.496 e. The van der Waals surface area contributed by atoms with Gasteiger partial charge in [-0.05, 0) is 36.6 Å². The molecule has 0 spiro atoms. The van der Waals surface area contributed by atoms with Gasteiger partial charge in [0, 0.05) is 17.5 Å². The normalized spacial score (nSPS) is 19.2. The predicted octanol–water partition coefficient (Wildman–Crippen LogP) is 2.44. The molecule has 0 radical (unpaired) electrons. The molecule has 5 heteroatoms. The Hall–Kier alpha value is -2.82. The molecule has 0 saturated carbocycles. The van der Waals surface area contributed by atoms with E-state index in [2.05, 4.69) is 5.32 Å². The van der Waals surface area contributed by atoms with E-state index in [0.717, 1.165) is 11.1 Å². The first-order valence-electron chi connectivity index (χ1n) is 7.81. The lowest BCUT2D eigenvalue weighted by molar-refractivity contribution is -0.145. The first kappa shape index (κ1) is 16.1. The first-order valence-corrected chi connectivity index (χ1v) is 7.81. The number of methoxy groups -OCH3 is 1. The second-order valence-corrected chi connectivity index (χ2v) is 5.98. The van der Waals surface area contributed by atoms with Crippen molar-refractivity contribution in [3.05, 3.63) is 65.2 Å². The molecule has 1 aliphatic rings. The van der Waals surface area contributed by atoms with Crippen LogP contribution < -0.4 is 10.1 Å². The van der Waals surface area contributed by atoms with Crippen molar-refractivity contribution in [3.8, 4) is 5.75 Å². The number of aryl methyl sites for hydroxylation is 1. The summed E-state index contributed by atoms with van der Waals surface area (Å²) in [5.41, 5.74) is 1.04. The number of carbonyl (C=O) groups excluding carboxylic acids is 1. The third kappa shape index (κ3) is 2.85. The average Bonchev–Trinajstić information content (AvgIpc) is 2.61. The Morgan fingerprint density at radius 2 is 1.88 bits per heavy atom. The van der Waals surface area contributed by atoms with Gasteiger partial charge in [-0.15, -0.1) is 0 Å². The third-order valence-corrected chi connectivity index (χ3v) is 4.55. The van der Waals surface area contributed by atoms with Crippen molar-refractivity contribution >= 4 is 11.9 Å². The summed E-state index contributed by atoms with van der Waals surface area (Å²) in [5.74, 6) is -0.744. The fourth-order valence-corrected chi connectivity index (χ4v) is 3.20. The summed E-state index contributed by atoms with van der Waals surface area (Å²) < 4.78 is 5.37. The molecule has 24 heavy (non-hydrogen) atoms. The van der Waals surface area contributed by atoms with Crippen molar-refractivity contribution in [2.45, 2.75) is 24.8 Å². The number of rotatable bonds is 4. The van der Waals surface area contributed by atoms with Gasteiger partial charge in [-0.1, -0.05) is 30.3 Å². The monoisotopic (exact) mass is 325 g/mol. The number of amides is 1. The molecular weight excluding hydrogens is 306 g/mol. The number of fused-ring (bicyclic) bond motifs is 1. The van der Waals surface area contributed by atoms with Gasteiger partial charge in [0.1, 0.15) is 11.3 Å². The van der Waals surface area contributed by atoms with Crippen LogP contribution >= 0.6 is 0 Å². The molecule has 2 aromatic rings. The Kier molecular flexibility index (Phi) is 4.25. The number of carbonyl (C=O) groups is 2. The number of hydrogen-bond acceptors (Lipinski definition) is 3. The zero-order valence-corrected chi connectivity index (χ0v) is 13.4. The van der Waals surface area contributed by atoms with E-state index in [-0.39, 0.29) is 12.3 Å². The fourth-order valence-electron chi connectivity index (χ4n) is 3.20. The Balaban J connectivity index is 1.93. The van der Waals surface area contributed by atoms with Crippen LogP contribution in [0.4, 0.5) is 0 Å². The quantitative estimate of drug-likeness (QED) is 0.905. The van der Waals surface area contributed by atoms with Crippen molar-refractivity contribution in [3.63, 3.8) is 0 Å². The molecule has 124 valence electrons. The molecule has 0 heterocycles. The molecule has 3 rings (SSSR count). The van der Waals surface area contributed by atoms with E-state index in [0.29, 0.717) is 24.2 Å². The van der Waals surface area contributed by atoms with Crippen LogP contribution in [0.25, 0.3) is 0 Å². The van der Waals surface area contributed by atoms with Crippen LogP contribution in [0, 0.1) is 0 Å². The zero-order chi connectivity index (χ0) is 17.2. The molecule has 0 unspecified atom stereocenters. The van der Waals surface area contributed by atoms with Crippen LogP contribution in [0.5, 0.6) is 5.75 Å². The van der Waals surface area contributed by atoms with E-state index in [1.807, 2.05) is 24.3 Å². The van der Waals surface area contributed by atoms with Gasteiger partial charge in [0.2, 0.25) is 0 Å². The van der Waals surface area contributed by atoms with Crippen molar-refractivity contribution < 1.29 is 19.4 Å². The topological polar surface area (TPSA) is 75.6 Å². The van der Waals surface area contributed by atoms with Gasteiger partial charge < -0.3 is 15.2 Å². The van der Waals surface area contributed by atoms with Crippen LogP contribution in [-0.4, -0.2) is 29.6 Å². The molecule has 0 saturated heterocycles. The summed E-state index contributed by atoms with van der Waals surface area (Å²) >= 11 is 0. The predicted molar refractivity (Wildman–Crippen MR) is 89.3 cm³/mol. The third-order valence-electron chi connectivity index (χ3n) is 4.55. The van der Waals surface area contributed by atoms with Crippen LogP contribution in [0.2, 0.25) is 0 Å². The van der Waals surface area contributed by atoms with E-state index in [4.69, 9.17) is 4.74 Å². The van der Waals surface area contributed by atoms with Crippen molar-refractivity contribution in [1.29, 1.82) is 0 Å². The summed E-state index contributed by atoms with van der Waals surface area (Å²) in [6, 6.07) is 14.3. The number of aliphatic carboxylic acids is 1. The van der Waals surface area contributed by atoms with Crippen molar-refractivity contribution in [2.24, 2.45) is 0 Å². The van der Waals surface area contributed by atoms with Gasteiger partial charge in [0.25, 0.3) is 5.91 Å². The Bertz CT molecular complexity index is 758. The van der Waals surface area contributed by atoms with Crippen LogP contribution in [0.3, 0.4) is 0 Å². The van der Waals surface area contributed by atoms with Crippen molar-refractivity contribution in [1.82, 2.24) is 5.32 Å². The van der Waals surface area contributed by atoms with E-state index in [1.165, 1.54) is 0 Å². The molecule has 1 amide bonds. The van der Waals surface area contributed by atoms with E-state index in [9.17, 15) is 14.7 Å². The average molecular weight is 325 g/mol. The molecular formula is C19H19NO4. The second-order valence-electron chi connectivity index (χ2n) is 5.98. The standard InChI is InChI=1S/C19H19NO4/c1-24-16-9-5-8-13-10-11-19(18(22)23,12-15(13)16)20-17(21)14-6-3-2-4-7-14/h2-9H,10-12H2,1H3,(H,20,21)(H,22,23)/t19-/m0/s1. The minimum Gasteiger partial charge on any atom is -0.496 e. The smallest absolute Gasteiger partial charge is 0.329 e. The van der Waals surface area contributed by atoms with Crippen molar-refractivity contribution in [2.75, 3.05) is 7.11 Å². The summed E-state index contributed by atoms with van der Waals surface area (Å²) in [5, 5.41) is 12.6. The number of hydrogen-bond donors (Lipinski definition) is 2.